The second kappa shape index (κ2) is 3.19. The standard InChI is InChI=1S/C11H21N2O/c14-11-9-12-5-7-13(11,8-6-12)10-3-1-2-4-10/h10-11,14H,1-9H2/q+1. The first kappa shape index (κ1) is 9.13. The zero-order valence-corrected chi connectivity index (χ0v) is 8.86. The maximum atomic E-state index is 10.2. The van der Waals surface area contributed by atoms with Crippen molar-refractivity contribution >= 4 is 0 Å². The molecule has 2 bridgehead atoms. The molecule has 0 aromatic rings. The van der Waals surface area contributed by atoms with Gasteiger partial charge in [0, 0.05) is 13.1 Å². The molecular weight excluding hydrogens is 176 g/mol. The fourth-order valence-corrected chi connectivity index (χ4v) is 3.78. The molecule has 1 atom stereocenters. The highest BCUT2D eigenvalue weighted by Gasteiger charge is 2.50. The van der Waals surface area contributed by atoms with Crippen LogP contribution in [0.25, 0.3) is 0 Å². The lowest BCUT2D eigenvalue weighted by atomic mass is 10.0. The Kier molecular flexibility index (Phi) is 2.08. The average Bonchev–Trinajstić information content (AvgIpc) is 2.72. The first-order valence-electron chi connectivity index (χ1n) is 6.08. The van der Waals surface area contributed by atoms with Gasteiger partial charge in [-0.25, -0.2) is 0 Å². The molecule has 0 aromatic carbocycles. The van der Waals surface area contributed by atoms with Gasteiger partial charge in [0.25, 0.3) is 0 Å². The Morgan fingerprint density at radius 3 is 2.29 bits per heavy atom. The molecule has 1 saturated carbocycles. The molecule has 4 rings (SSSR count). The predicted molar refractivity (Wildman–Crippen MR) is 54.7 cm³/mol. The topological polar surface area (TPSA) is 23.5 Å². The Hall–Kier alpha value is -0.120. The number of nitrogens with zero attached hydrogens (tertiary/aromatic N) is 2. The van der Waals surface area contributed by atoms with Crippen LogP contribution in [0.4, 0.5) is 0 Å². The Bertz CT molecular complexity index is 217. The van der Waals surface area contributed by atoms with E-state index in [1.807, 2.05) is 0 Å². The number of hydrogen-bond acceptors (Lipinski definition) is 2. The molecule has 14 heavy (non-hydrogen) atoms. The lowest BCUT2D eigenvalue weighted by Gasteiger charge is -2.56. The summed E-state index contributed by atoms with van der Waals surface area (Å²) in [5, 5.41) is 10.2. The highest BCUT2D eigenvalue weighted by molar-refractivity contribution is 4.79. The van der Waals surface area contributed by atoms with Crippen LogP contribution in [-0.2, 0) is 0 Å². The van der Waals surface area contributed by atoms with Gasteiger partial charge >= 0.3 is 0 Å². The molecule has 0 spiro atoms. The summed E-state index contributed by atoms with van der Waals surface area (Å²) in [6.45, 7) is 5.76. The zero-order valence-electron chi connectivity index (χ0n) is 8.86. The van der Waals surface area contributed by atoms with Gasteiger partial charge in [0.15, 0.2) is 0 Å². The van der Waals surface area contributed by atoms with Crippen molar-refractivity contribution in [1.29, 1.82) is 0 Å². The van der Waals surface area contributed by atoms with Crippen molar-refractivity contribution in [2.75, 3.05) is 32.7 Å². The van der Waals surface area contributed by atoms with Gasteiger partial charge in [0.1, 0.15) is 0 Å². The monoisotopic (exact) mass is 197 g/mol. The van der Waals surface area contributed by atoms with Crippen LogP contribution in [0.15, 0.2) is 0 Å². The number of aliphatic hydroxyl groups excluding tert-OH is 1. The van der Waals surface area contributed by atoms with E-state index in [4.69, 9.17) is 0 Å². The number of rotatable bonds is 1. The second-order valence-electron chi connectivity index (χ2n) is 5.27. The molecule has 3 aliphatic heterocycles. The van der Waals surface area contributed by atoms with Gasteiger partial charge in [0.05, 0.1) is 25.7 Å². The lowest BCUT2D eigenvalue weighted by molar-refractivity contribution is -1.00. The van der Waals surface area contributed by atoms with Crippen LogP contribution in [-0.4, -0.2) is 59.5 Å². The van der Waals surface area contributed by atoms with E-state index in [2.05, 4.69) is 4.90 Å². The van der Waals surface area contributed by atoms with Crippen LogP contribution < -0.4 is 0 Å². The van der Waals surface area contributed by atoms with Crippen molar-refractivity contribution in [1.82, 2.24) is 4.90 Å². The van der Waals surface area contributed by atoms with Crippen LogP contribution in [0, 0.1) is 0 Å². The van der Waals surface area contributed by atoms with E-state index in [9.17, 15) is 5.11 Å². The number of quaternary nitrogens is 1. The fraction of sp³-hybridized carbons (Fsp3) is 1.00. The average molecular weight is 197 g/mol. The molecular formula is C11H21N2O+. The van der Waals surface area contributed by atoms with Crippen LogP contribution >= 0.6 is 0 Å². The predicted octanol–water partition coefficient (Wildman–Crippen LogP) is 0.393. The van der Waals surface area contributed by atoms with Gasteiger partial charge in [-0.15, -0.1) is 0 Å². The van der Waals surface area contributed by atoms with Gasteiger partial charge in [0.2, 0.25) is 6.23 Å². The summed E-state index contributed by atoms with van der Waals surface area (Å²) < 4.78 is 1.05. The van der Waals surface area contributed by atoms with Crippen molar-refractivity contribution in [3.05, 3.63) is 0 Å². The van der Waals surface area contributed by atoms with Crippen molar-refractivity contribution in [3.63, 3.8) is 0 Å². The fourth-order valence-electron chi connectivity index (χ4n) is 3.78. The van der Waals surface area contributed by atoms with E-state index in [-0.39, 0.29) is 6.23 Å². The smallest absolute Gasteiger partial charge is 0.203 e. The maximum Gasteiger partial charge on any atom is 0.203 e. The second-order valence-corrected chi connectivity index (χ2v) is 5.27. The first-order chi connectivity index (χ1) is 6.81. The van der Waals surface area contributed by atoms with E-state index in [1.54, 1.807) is 0 Å². The molecule has 80 valence electrons. The van der Waals surface area contributed by atoms with Crippen molar-refractivity contribution in [2.24, 2.45) is 0 Å². The van der Waals surface area contributed by atoms with Gasteiger partial charge < -0.3 is 5.11 Å². The van der Waals surface area contributed by atoms with E-state index in [1.165, 1.54) is 51.9 Å². The lowest BCUT2D eigenvalue weighted by Crippen LogP contribution is -2.75. The minimum atomic E-state index is -0.0828. The highest BCUT2D eigenvalue weighted by atomic mass is 16.3. The summed E-state index contributed by atoms with van der Waals surface area (Å²) in [6, 6.07) is 0.785. The molecule has 3 heterocycles. The Labute approximate surface area is 85.9 Å². The van der Waals surface area contributed by atoms with Gasteiger partial charge in [-0.05, 0) is 25.7 Å². The molecule has 1 unspecified atom stereocenters. The number of fused-ring (bicyclic) bond motifs is 3. The quantitative estimate of drug-likeness (QED) is 0.615. The molecule has 3 nitrogen and oxygen atoms in total. The molecule has 1 N–H and O–H groups in total. The maximum absolute atomic E-state index is 10.2. The number of piperazine rings is 3. The summed E-state index contributed by atoms with van der Waals surface area (Å²) >= 11 is 0. The number of aliphatic hydroxyl groups is 1. The minimum Gasteiger partial charge on any atom is -0.344 e. The van der Waals surface area contributed by atoms with Crippen molar-refractivity contribution in [3.8, 4) is 0 Å². The normalized spacial score (nSPS) is 48.6. The third kappa shape index (κ3) is 1.16. The van der Waals surface area contributed by atoms with Crippen LogP contribution in [0.1, 0.15) is 25.7 Å². The largest absolute Gasteiger partial charge is 0.344 e. The van der Waals surface area contributed by atoms with Crippen LogP contribution in [0.2, 0.25) is 0 Å². The summed E-state index contributed by atoms with van der Waals surface area (Å²) in [7, 11) is 0. The minimum absolute atomic E-state index is 0.0828. The third-order valence-electron chi connectivity index (χ3n) is 4.73. The Balaban J connectivity index is 1.84. The van der Waals surface area contributed by atoms with Gasteiger partial charge in [-0.3, -0.25) is 9.38 Å². The first-order valence-corrected chi connectivity index (χ1v) is 6.08. The van der Waals surface area contributed by atoms with Crippen LogP contribution in [0.5, 0.6) is 0 Å². The van der Waals surface area contributed by atoms with E-state index >= 15 is 0 Å². The van der Waals surface area contributed by atoms with E-state index in [0.717, 1.165) is 17.1 Å². The summed E-state index contributed by atoms with van der Waals surface area (Å²) in [5.41, 5.74) is 0. The molecule has 3 saturated heterocycles. The Morgan fingerprint density at radius 1 is 1.07 bits per heavy atom. The van der Waals surface area contributed by atoms with Crippen molar-refractivity contribution in [2.45, 2.75) is 38.0 Å². The van der Waals surface area contributed by atoms with Gasteiger partial charge in [-0.2, -0.15) is 0 Å². The molecule has 0 aromatic heterocycles. The molecule has 0 radical (unpaired) electrons. The van der Waals surface area contributed by atoms with Crippen molar-refractivity contribution < 1.29 is 9.59 Å². The molecule has 0 amide bonds. The van der Waals surface area contributed by atoms with Gasteiger partial charge in [-0.1, -0.05) is 0 Å². The van der Waals surface area contributed by atoms with Crippen LogP contribution in [0.3, 0.4) is 0 Å². The number of hydrogen-bond donors (Lipinski definition) is 1. The SMILES string of the molecule is OC1CN2CC[N+]1(C1CCCC1)CC2. The third-order valence-corrected chi connectivity index (χ3v) is 4.73. The molecule has 3 heteroatoms. The molecule has 1 aliphatic carbocycles. The summed E-state index contributed by atoms with van der Waals surface area (Å²) in [5.74, 6) is 0. The highest BCUT2D eigenvalue weighted by Crippen LogP contribution is 2.35. The zero-order chi connectivity index (χ0) is 9.60. The molecule has 4 aliphatic rings. The van der Waals surface area contributed by atoms with E-state index in [0.29, 0.717) is 0 Å². The van der Waals surface area contributed by atoms with E-state index < -0.39 is 0 Å². The Morgan fingerprint density at radius 2 is 1.71 bits per heavy atom. The summed E-state index contributed by atoms with van der Waals surface area (Å²) in [4.78, 5) is 2.42. The molecule has 4 fully saturated rings. The summed E-state index contributed by atoms with van der Waals surface area (Å²) in [6.07, 6.45) is 5.41.